The second-order valence-corrected chi connectivity index (χ2v) is 12.7. The van der Waals surface area contributed by atoms with Crippen LogP contribution < -0.4 is 10.6 Å². The van der Waals surface area contributed by atoms with Crippen LogP contribution in [0.2, 0.25) is 0 Å². The van der Waals surface area contributed by atoms with Gasteiger partial charge in [-0.1, -0.05) is 67.1 Å². The van der Waals surface area contributed by atoms with Gasteiger partial charge in [-0.2, -0.15) is 0 Å². The minimum absolute atomic E-state index is 0.000160. The molecule has 47 heavy (non-hydrogen) atoms. The predicted octanol–water partition coefficient (Wildman–Crippen LogP) is 5.16. The molecule has 3 aromatic rings. The monoisotopic (exact) mass is 643 g/mol. The number of nitrogens with one attached hydrogen (secondary N) is 2. The lowest BCUT2D eigenvalue weighted by Crippen LogP contribution is -2.42. The van der Waals surface area contributed by atoms with E-state index in [1.165, 1.54) is 6.92 Å². The average Bonchev–Trinajstić information content (AvgIpc) is 3.55. The van der Waals surface area contributed by atoms with E-state index < -0.39 is 6.29 Å². The van der Waals surface area contributed by atoms with Crippen molar-refractivity contribution in [3.8, 4) is 11.1 Å². The van der Waals surface area contributed by atoms with Crippen molar-refractivity contribution in [2.24, 2.45) is 0 Å². The number of nitrogens with zero attached hydrogens (tertiary/aromatic N) is 1. The van der Waals surface area contributed by atoms with Crippen LogP contribution in [-0.4, -0.2) is 65.3 Å². The average molecular weight is 644 g/mol. The lowest BCUT2D eigenvalue weighted by atomic mass is 9.98. The molecule has 5 rings (SSSR count). The highest BCUT2D eigenvalue weighted by Crippen LogP contribution is 2.39. The summed E-state index contributed by atoms with van der Waals surface area (Å²) >= 11 is 0. The third-order valence-electron chi connectivity index (χ3n) is 9.13. The second kappa shape index (κ2) is 17.5. The van der Waals surface area contributed by atoms with Crippen LogP contribution >= 0.6 is 0 Å². The summed E-state index contributed by atoms with van der Waals surface area (Å²) in [5.41, 5.74) is 5.95. The molecule has 9 nitrogen and oxygen atoms in total. The molecule has 3 aromatic carbocycles. The first-order valence-electron chi connectivity index (χ1n) is 17.0. The number of benzene rings is 3. The molecule has 2 amide bonds. The lowest BCUT2D eigenvalue weighted by Gasteiger charge is -2.38. The summed E-state index contributed by atoms with van der Waals surface area (Å²) < 4.78 is 13.2. The van der Waals surface area contributed by atoms with E-state index in [2.05, 4.69) is 39.8 Å². The molecule has 2 aliphatic heterocycles. The number of amides is 2. The molecule has 0 radical (unpaired) electrons. The zero-order chi connectivity index (χ0) is 33.0. The first-order valence-corrected chi connectivity index (χ1v) is 17.0. The third-order valence-corrected chi connectivity index (χ3v) is 9.13. The fraction of sp³-hybridized carbons (Fsp3) is 0.474. The Bertz CT molecular complexity index is 1450. The maximum absolute atomic E-state index is 12.4. The van der Waals surface area contributed by atoms with E-state index in [0.29, 0.717) is 25.9 Å². The van der Waals surface area contributed by atoms with Gasteiger partial charge in [-0.15, -0.1) is 0 Å². The molecule has 9 heteroatoms. The van der Waals surface area contributed by atoms with Gasteiger partial charge in [-0.25, -0.2) is 0 Å². The van der Waals surface area contributed by atoms with Crippen LogP contribution in [-0.2, 0) is 32.2 Å². The maximum atomic E-state index is 12.4. The Kier molecular flexibility index (Phi) is 12.9. The number of hydrogen-bond acceptors (Lipinski definition) is 7. The number of aliphatic hydroxyl groups is 2. The Hall–Kier alpha value is -3.60. The standard InChI is InChI=1S/C38H49N3O6/c1-27(44)39-18-4-2-3-13-37(45)40-23-29-8-5-9-31(20-29)32-10-6-11-33(21-32)38-46-35(24-41-19-7-12-34(41)26-43)22-36(47-38)30-16-14-28(25-42)15-17-30/h5-6,8-11,14-17,20-21,34-36,38,42-43H,2-4,7,12-13,18-19,22-26H2,1H3,(H,39,44)(H,40,45)/t34-,35+,36-,38-/m0/s1. The van der Waals surface area contributed by atoms with Crippen LogP contribution in [0.25, 0.3) is 11.1 Å². The minimum Gasteiger partial charge on any atom is -0.395 e. The first kappa shape index (κ1) is 34.7. The summed E-state index contributed by atoms with van der Waals surface area (Å²) in [6.45, 7) is 4.46. The summed E-state index contributed by atoms with van der Waals surface area (Å²) in [6, 6.07) is 24.5. The van der Waals surface area contributed by atoms with Gasteiger partial charge in [-0.3, -0.25) is 14.5 Å². The van der Waals surface area contributed by atoms with E-state index >= 15 is 0 Å². The Morgan fingerprint density at radius 2 is 1.66 bits per heavy atom. The molecule has 0 saturated carbocycles. The van der Waals surface area contributed by atoms with E-state index in [1.54, 1.807) is 0 Å². The van der Waals surface area contributed by atoms with Gasteiger partial charge in [0.2, 0.25) is 11.8 Å². The van der Waals surface area contributed by atoms with Gasteiger partial charge in [0.05, 0.1) is 25.4 Å². The van der Waals surface area contributed by atoms with E-state index in [4.69, 9.17) is 9.47 Å². The van der Waals surface area contributed by atoms with Crippen molar-refractivity contribution >= 4 is 11.8 Å². The molecule has 0 spiro atoms. The summed E-state index contributed by atoms with van der Waals surface area (Å²) in [7, 11) is 0. The number of aliphatic hydroxyl groups excluding tert-OH is 2. The molecule has 0 unspecified atom stereocenters. The highest BCUT2D eigenvalue weighted by atomic mass is 16.7. The highest BCUT2D eigenvalue weighted by Gasteiger charge is 2.35. The van der Waals surface area contributed by atoms with Crippen molar-refractivity contribution in [1.29, 1.82) is 0 Å². The molecule has 0 aliphatic carbocycles. The number of ether oxygens (including phenoxy) is 2. The van der Waals surface area contributed by atoms with Crippen LogP contribution in [0.1, 0.15) is 86.5 Å². The van der Waals surface area contributed by atoms with E-state index in [0.717, 1.165) is 78.6 Å². The molecule has 2 heterocycles. The molecule has 2 aliphatic rings. The Morgan fingerprint density at radius 3 is 2.43 bits per heavy atom. The molecule has 2 saturated heterocycles. The first-order chi connectivity index (χ1) is 22.9. The topological polar surface area (TPSA) is 120 Å². The van der Waals surface area contributed by atoms with Gasteiger partial charge in [0.25, 0.3) is 0 Å². The summed E-state index contributed by atoms with van der Waals surface area (Å²) in [6.07, 6.45) is 5.00. The number of carbonyl (C=O) groups is 2. The fourth-order valence-corrected chi connectivity index (χ4v) is 6.50. The Morgan fingerprint density at radius 1 is 0.872 bits per heavy atom. The molecule has 4 atom stereocenters. The van der Waals surface area contributed by atoms with Crippen LogP contribution in [0.4, 0.5) is 0 Å². The summed E-state index contributed by atoms with van der Waals surface area (Å²) in [5.74, 6) is -0.000396. The number of unbranched alkanes of at least 4 members (excludes halogenated alkanes) is 2. The molecular weight excluding hydrogens is 594 g/mol. The van der Waals surface area contributed by atoms with Gasteiger partial charge >= 0.3 is 0 Å². The molecule has 0 aromatic heterocycles. The predicted molar refractivity (Wildman–Crippen MR) is 181 cm³/mol. The smallest absolute Gasteiger partial charge is 0.220 e. The van der Waals surface area contributed by atoms with E-state index in [-0.39, 0.29) is 43.3 Å². The number of carbonyl (C=O) groups excluding carboxylic acids is 2. The van der Waals surface area contributed by atoms with Gasteiger partial charge in [-0.05, 0) is 72.2 Å². The minimum atomic E-state index is -0.563. The normalized spacial score (nSPS) is 21.4. The van der Waals surface area contributed by atoms with Crippen LogP contribution in [0, 0.1) is 0 Å². The zero-order valence-corrected chi connectivity index (χ0v) is 27.4. The fourth-order valence-electron chi connectivity index (χ4n) is 6.50. The van der Waals surface area contributed by atoms with Crippen molar-refractivity contribution in [3.05, 3.63) is 95.1 Å². The second-order valence-electron chi connectivity index (χ2n) is 12.7. The number of likely N-dealkylation sites (tertiary alicyclic amines) is 1. The van der Waals surface area contributed by atoms with Crippen LogP contribution in [0.3, 0.4) is 0 Å². The van der Waals surface area contributed by atoms with Crippen molar-refractivity contribution in [1.82, 2.24) is 15.5 Å². The van der Waals surface area contributed by atoms with Gasteiger partial charge < -0.3 is 30.3 Å². The molecule has 2 fully saturated rings. The number of hydrogen-bond donors (Lipinski definition) is 4. The van der Waals surface area contributed by atoms with E-state index in [9.17, 15) is 19.8 Å². The zero-order valence-electron chi connectivity index (χ0n) is 27.4. The van der Waals surface area contributed by atoms with Gasteiger partial charge in [0.15, 0.2) is 6.29 Å². The maximum Gasteiger partial charge on any atom is 0.220 e. The van der Waals surface area contributed by atoms with Crippen molar-refractivity contribution in [3.63, 3.8) is 0 Å². The van der Waals surface area contributed by atoms with Crippen LogP contribution in [0.15, 0.2) is 72.8 Å². The Balaban J connectivity index is 1.24. The van der Waals surface area contributed by atoms with Crippen molar-refractivity contribution in [2.75, 3.05) is 26.2 Å². The SMILES string of the molecule is CC(=O)NCCCCCC(=O)NCc1cccc(-c2cccc([C@H]3O[C@@H](CN4CCC[C@H]4CO)C[C@@H](c4ccc(CO)cc4)O3)c2)c1. The molecule has 252 valence electrons. The quantitative estimate of drug-likeness (QED) is 0.169. The van der Waals surface area contributed by atoms with Crippen molar-refractivity contribution in [2.45, 2.75) is 89.6 Å². The van der Waals surface area contributed by atoms with Crippen molar-refractivity contribution < 1.29 is 29.3 Å². The lowest BCUT2D eigenvalue weighted by molar-refractivity contribution is -0.253. The molecule has 4 N–H and O–H groups in total. The van der Waals surface area contributed by atoms with Crippen LogP contribution in [0.5, 0.6) is 0 Å². The molecule has 0 bridgehead atoms. The van der Waals surface area contributed by atoms with Gasteiger partial charge in [0.1, 0.15) is 0 Å². The van der Waals surface area contributed by atoms with Gasteiger partial charge in [0, 0.05) is 51.0 Å². The largest absolute Gasteiger partial charge is 0.395 e. The highest BCUT2D eigenvalue weighted by molar-refractivity contribution is 5.76. The summed E-state index contributed by atoms with van der Waals surface area (Å²) in [5, 5.41) is 25.3. The summed E-state index contributed by atoms with van der Waals surface area (Å²) in [4.78, 5) is 25.7. The molecular formula is C38H49N3O6. The number of rotatable bonds is 15. The van der Waals surface area contributed by atoms with E-state index in [1.807, 2.05) is 48.5 Å². The Labute approximate surface area is 278 Å². The third kappa shape index (κ3) is 10.2.